The molecule has 1 saturated carbocycles. The average Bonchev–Trinajstić information content (AvgIpc) is 3.20. The molecule has 2 heteroatoms. The quantitative estimate of drug-likeness (QED) is 0.788. The van der Waals surface area contributed by atoms with Crippen LogP contribution in [0.2, 0.25) is 0 Å². The van der Waals surface area contributed by atoms with E-state index in [-0.39, 0.29) is 0 Å². The van der Waals surface area contributed by atoms with E-state index in [0.717, 1.165) is 12.3 Å². The number of rotatable bonds is 7. The van der Waals surface area contributed by atoms with Gasteiger partial charge in [0, 0.05) is 6.04 Å². The fourth-order valence-electron chi connectivity index (χ4n) is 2.24. The Kier molecular flexibility index (Phi) is 4.65. The molecule has 0 aliphatic heterocycles. The number of hydrogen-bond donors (Lipinski definition) is 1. The van der Waals surface area contributed by atoms with E-state index in [1.807, 2.05) is 0 Å². The zero-order chi connectivity index (χ0) is 13.0. The lowest BCUT2D eigenvalue weighted by atomic mass is 9.92. The molecule has 0 aromatic heterocycles. The van der Waals surface area contributed by atoms with Gasteiger partial charge < -0.3 is 10.1 Å². The van der Waals surface area contributed by atoms with Crippen molar-refractivity contribution in [3.8, 4) is 5.75 Å². The van der Waals surface area contributed by atoms with Gasteiger partial charge in [-0.25, -0.2) is 0 Å². The summed E-state index contributed by atoms with van der Waals surface area (Å²) in [6.07, 6.45) is 4.11. The van der Waals surface area contributed by atoms with Crippen LogP contribution in [0.1, 0.15) is 51.6 Å². The van der Waals surface area contributed by atoms with Crippen molar-refractivity contribution in [1.82, 2.24) is 5.32 Å². The van der Waals surface area contributed by atoms with E-state index in [1.54, 1.807) is 0 Å². The molecule has 1 aliphatic carbocycles. The first-order valence-electron chi connectivity index (χ1n) is 7.24. The second kappa shape index (κ2) is 6.24. The van der Waals surface area contributed by atoms with Gasteiger partial charge in [-0.2, -0.15) is 0 Å². The van der Waals surface area contributed by atoms with Crippen molar-refractivity contribution in [1.29, 1.82) is 0 Å². The summed E-state index contributed by atoms with van der Waals surface area (Å²) in [4.78, 5) is 0. The Balaban J connectivity index is 2.04. The Hall–Kier alpha value is -1.02. The largest absolute Gasteiger partial charge is 0.490 e. The molecular weight excluding hydrogens is 222 g/mol. The molecule has 2 unspecified atom stereocenters. The summed E-state index contributed by atoms with van der Waals surface area (Å²) in [5.41, 5.74) is 1.37. The maximum atomic E-state index is 5.79. The van der Waals surface area contributed by atoms with Crippen LogP contribution >= 0.6 is 0 Å². The van der Waals surface area contributed by atoms with Crippen molar-refractivity contribution >= 4 is 0 Å². The zero-order valence-electron chi connectivity index (χ0n) is 11.8. The number of ether oxygens (including phenoxy) is 1. The second-order valence-electron chi connectivity index (χ2n) is 5.31. The summed E-state index contributed by atoms with van der Waals surface area (Å²) in [5.74, 6) is 1.67. The maximum absolute atomic E-state index is 5.79. The van der Waals surface area contributed by atoms with Crippen LogP contribution < -0.4 is 10.1 Å². The Morgan fingerprint density at radius 1 is 1.22 bits per heavy atom. The Morgan fingerprint density at radius 3 is 2.39 bits per heavy atom. The monoisotopic (exact) mass is 247 g/mol. The van der Waals surface area contributed by atoms with E-state index in [2.05, 4.69) is 50.4 Å². The molecule has 2 atom stereocenters. The molecule has 1 fully saturated rings. The summed E-state index contributed by atoms with van der Waals surface area (Å²) in [6, 6.07) is 9.09. The van der Waals surface area contributed by atoms with Crippen molar-refractivity contribution in [3.05, 3.63) is 29.8 Å². The average molecular weight is 247 g/mol. The number of hydrogen-bond acceptors (Lipinski definition) is 2. The minimum atomic E-state index is 0.454. The Labute approximate surface area is 111 Å². The molecule has 1 aliphatic rings. The molecule has 18 heavy (non-hydrogen) atoms. The third kappa shape index (κ3) is 3.49. The lowest BCUT2D eigenvalue weighted by Crippen LogP contribution is -2.26. The van der Waals surface area contributed by atoms with Gasteiger partial charge in [0.05, 0.1) is 6.10 Å². The highest BCUT2D eigenvalue weighted by Crippen LogP contribution is 2.29. The zero-order valence-corrected chi connectivity index (χ0v) is 11.8. The van der Waals surface area contributed by atoms with Crippen molar-refractivity contribution in [2.75, 3.05) is 6.54 Å². The first-order chi connectivity index (χ1) is 8.74. The van der Waals surface area contributed by atoms with Gasteiger partial charge in [0.1, 0.15) is 5.75 Å². The molecule has 2 nitrogen and oxygen atoms in total. The van der Waals surface area contributed by atoms with E-state index in [4.69, 9.17) is 4.74 Å². The first kappa shape index (κ1) is 13.4. The van der Waals surface area contributed by atoms with Gasteiger partial charge in [-0.15, -0.1) is 0 Å². The highest BCUT2D eigenvalue weighted by molar-refractivity contribution is 5.30. The summed E-state index contributed by atoms with van der Waals surface area (Å²) in [7, 11) is 0. The van der Waals surface area contributed by atoms with Crippen LogP contribution in [0, 0.1) is 5.92 Å². The van der Waals surface area contributed by atoms with Gasteiger partial charge in [-0.05, 0) is 43.0 Å². The highest BCUT2D eigenvalue weighted by atomic mass is 16.5. The van der Waals surface area contributed by atoms with E-state index in [0.29, 0.717) is 18.1 Å². The van der Waals surface area contributed by atoms with Crippen LogP contribution in [-0.2, 0) is 0 Å². The van der Waals surface area contributed by atoms with Gasteiger partial charge >= 0.3 is 0 Å². The normalized spacial score (nSPS) is 18.4. The molecule has 0 spiro atoms. The van der Waals surface area contributed by atoms with E-state index < -0.39 is 0 Å². The lowest BCUT2D eigenvalue weighted by Gasteiger charge is -2.24. The smallest absolute Gasteiger partial charge is 0.119 e. The number of nitrogens with one attached hydrogen (secondary N) is 1. The topological polar surface area (TPSA) is 21.3 Å². The summed E-state index contributed by atoms with van der Waals surface area (Å²) < 4.78 is 5.79. The standard InChI is InChI=1S/C16H25NO/c1-4-12(3)16(17-5-2)13-6-8-14(9-7-13)18-15-10-11-15/h6-9,12,15-17H,4-5,10-11H2,1-3H3. The predicted octanol–water partition coefficient (Wildman–Crippen LogP) is 3.92. The van der Waals surface area contributed by atoms with E-state index in [1.165, 1.54) is 24.8 Å². The summed E-state index contributed by atoms with van der Waals surface area (Å²) in [6.45, 7) is 7.73. The molecule has 0 saturated heterocycles. The van der Waals surface area contributed by atoms with Crippen LogP contribution in [0.5, 0.6) is 5.75 Å². The van der Waals surface area contributed by atoms with Crippen LogP contribution in [0.3, 0.4) is 0 Å². The van der Waals surface area contributed by atoms with Crippen molar-refractivity contribution in [3.63, 3.8) is 0 Å². The van der Waals surface area contributed by atoms with Crippen LogP contribution in [0.15, 0.2) is 24.3 Å². The molecular formula is C16H25NO. The maximum Gasteiger partial charge on any atom is 0.119 e. The molecule has 0 bridgehead atoms. The Bertz CT molecular complexity index is 356. The minimum Gasteiger partial charge on any atom is -0.490 e. The third-order valence-corrected chi connectivity index (χ3v) is 3.70. The number of benzene rings is 1. The van der Waals surface area contributed by atoms with Crippen molar-refractivity contribution in [2.24, 2.45) is 5.92 Å². The molecule has 0 amide bonds. The van der Waals surface area contributed by atoms with E-state index >= 15 is 0 Å². The van der Waals surface area contributed by atoms with Crippen LogP contribution in [-0.4, -0.2) is 12.6 Å². The first-order valence-corrected chi connectivity index (χ1v) is 7.24. The van der Waals surface area contributed by atoms with Gasteiger partial charge in [-0.1, -0.05) is 39.3 Å². The molecule has 1 aromatic carbocycles. The van der Waals surface area contributed by atoms with Gasteiger partial charge in [0.25, 0.3) is 0 Å². The SMILES string of the molecule is CCNC(c1ccc(OC2CC2)cc1)C(C)CC. The molecule has 0 heterocycles. The molecule has 100 valence electrons. The van der Waals surface area contributed by atoms with Crippen molar-refractivity contribution < 1.29 is 4.74 Å². The molecule has 2 rings (SSSR count). The lowest BCUT2D eigenvalue weighted by molar-refractivity contribution is 0.302. The van der Waals surface area contributed by atoms with Gasteiger partial charge in [0.15, 0.2) is 0 Å². The molecule has 1 N–H and O–H groups in total. The summed E-state index contributed by atoms with van der Waals surface area (Å²) in [5, 5.41) is 3.58. The second-order valence-corrected chi connectivity index (χ2v) is 5.31. The fraction of sp³-hybridized carbons (Fsp3) is 0.625. The third-order valence-electron chi connectivity index (χ3n) is 3.70. The van der Waals surface area contributed by atoms with Crippen LogP contribution in [0.4, 0.5) is 0 Å². The molecule has 0 radical (unpaired) electrons. The van der Waals surface area contributed by atoms with Gasteiger partial charge in [-0.3, -0.25) is 0 Å². The van der Waals surface area contributed by atoms with Crippen LogP contribution in [0.25, 0.3) is 0 Å². The highest BCUT2D eigenvalue weighted by Gasteiger charge is 2.23. The Morgan fingerprint density at radius 2 is 1.89 bits per heavy atom. The van der Waals surface area contributed by atoms with E-state index in [9.17, 15) is 0 Å². The molecule has 1 aromatic rings. The van der Waals surface area contributed by atoms with Crippen molar-refractivity contribution in [2.45, 2.75) is 52.2 Å². The van der Waals surface area contributed by atoms with Gasteiger partial charge in [0.2, 0.25) is 0 Å². The minimum absolute atomic E-state index is 0.454. The summed E-state index contributed by atoms with van der Waals surface area (Å²) >= 11 is 0. The predicted molar refractivity (Wildman–Crippen MR) is 76.0 cm³/mol. The fourth-order valence-corrected chi connectivity index (χ4v) is 2.24.